The van der Waals surface area contributed by atoms with Gasteiger partial charge in [-0.15, -0.1) is 11.3 Å². The normalized spacial score (nSPS) is 17.2. The van der Waals surface area contributed by atoms with Gasteiger partial charge >= 0.3 is 0 Å². The first kappa shape index (κ1) is 16.8. The number of carbonyl (C=O) groups excluding carboxylic acids is 1. The van der Waals surface area contributed by atoms with E-state index in [4.69, 9.17) is 0 Å². The van der Waals surface area contributed by atoms with Crippen molar-refractivity contribution in [3.8, 4) is 10.6 Å². The van der Waals surface area contributed by atoms with Crippen molar-refractivity contribution < 1.29 is 4.79 Å². The average Bonchev–Trinajstić information content (AvgIpc) is 3.18. The molecule has 1 aliphatic rings. The standard InChI is InChI=1S/C20H20N4OS/c25-19(11-17-13-26-20(23-17)15-5-2-1-3-6-15)24-10-4-7-16(12-24)18-8-9-21-14-22-18/h1-3,5-6,8-9,13-14,16H,4,7,10-12H2. The lowest BCUT2D eigenvalue weighted by molar-refractivity contribution is -0.131. The zero-order chi connectivity index (χ0) is 17.8. The third-order valence-electron chi connectivity index (χ3n) is 4.70. The Morgan fingerprint density at radius 3 is 2.92 bits per heavy atom. The average molecular weight is 364 g/mol. The summed E-state index contributed by atoms with van der Waals surface area (Å²) >= 11 is 1.59. The van der Waals surface area contributed by atoms with Crippen molar-refractivity contribution in [2.24, 2.45) is 0 Å². The number of nitrogens with zero attached hydrogens (tertiary/aromatic N) is 4. The zero-order valence-corrected chi connectivity index (χ0v) is 15.2. The number of hydrogen-bond donors (Lipinski definition) is 0. The van der Waals surface area contributed by atoms with Crippen molar-refractivity contribution in [3.05, 3.63) is 65.7 Å². The fourth-order valence-electron chi connectivity index (χ4n) is 3.36. The van der Waals surface area contributed by atoms with Crippen LogP contribution in [-0.2, 0) is 11.2 Å². The maximum atomic E-state index is 12.7. The molecule has 1 fully saturated rings. The summed E-state index contributed by atoms with van der Waals surface area (Å²) in [6, 6.07) is 12.0. The monoisotopic (exact) mass is 364 g/mol. The molecule has 6 heteroatoms. The summed E-state index contributed by atoms with van der Waals surface area (Å²) in [6.45, 7) is 1.54. The summed E-state index contributed by atoms with van der Waals surface area (Å²) in [6.07, 6.45) is 5.78. The van der Waals surface area contributed by atoms with Crippen LogP contribution in [-0.4, -0.2) is 38.8 Å². The van der Waals surface area contributed by atoms with E-state index in [2.05, 4.69) is 15.0 Å². The fraction of sp³-hybridized carbons (Fsp3) is 0.300. The Kier molecular flexibility index (Phi) is 5.02. The number of aromatic nitrogens is 3. The van der Waals surface area contributed by atoms with E-state index >= 15 is 0 Å². The Balaban J connectivity index is 1.41. The van der Waals surface area contributed by atoms with Gasteiger partial charge in [-0.1, -0.05) is 30.3 Å². The van der Waals surface area contributed by atoms with Crippen LogP contribution in [0.3, 0.4) is 0 Å². The lowest BCUT2D eigenvalue weighted by Crippen LogP contribution is -2.40. The minimum atomic E-state index is 0.147. The lowest BCUT2D eigenvalue weighted by atomic mass is 9.94. The minimum Gasteiger partial charge on any atom is -0.342 e. The molecule has 1 aromatic carbocycles. The quantitative estimate of drug-likeness (QED) is 0.710. The van der Waals surface area contributed by atoms with Gasteiger partial charge in [0.2, 0.25) is 5.91 Å². The van der Waals surface area contributed by atoms with Crippen LogP contribution in [0.2, 0.25) is 0 Å². The zero-order valence-electron chi connectivity index (χ0n) is 14.4. The van der Waals surface area contributed by atoms with Crippen LogP contribution >= 0.6 is 11.3 Å². The highest BCUT2D eigenvalue weighted by atomic mass is 32.1. The predicted octanol–water partition coefficient (Wildman–Crippen LogP) is 3.55. The molecule has 1 aliphatic heterocycles. The maximum Gasteiger partial charge on any atom is 0.228 e. The number of carbonyl (C=O) groups is 1. The first-order valence-corrected chi connectivity index (χ1v) is 9.71. The van der Waals surface area contributed by atoms with Crippen molar-refractivity contribution in [2.75, 3.05) is 13.1 Å². The van der Waals surface area contributed by atoms with Crippen molar-refractivity contribution in [1.82, 2.24) is 19.9 Å². The summed E-state index contributed by atoms with van der Waals surface area (Å²) in [5.41, 5.74) is 2.97. The number of benzene rings is 1. The molecular weight excluding hydrogens is 344 g/mol. The molecule has 1 unspecified atom stereocenters. The van der Waals surface area contributed by atoms with Crippen molar-refractivity contribution in [1.29, 1.82) is 0 Å². The molecule has 132 valence electrons. The number of hydrogen-bond acceptors (Lipinski definition) is 5. The van der Waals surface area contributed by atoms with Crippen molar-refractivity contribution in [2.45, 2.75) is 25.2 Å². The topological polar surface area (TPSA) is 59.0 Å². The van der Waals surface area contributed by atoms with E-state index in [9.17, 15) is 4.79 Å². The van der Waals surface area contributed by atoms with Gasteiger partial charge in [-0.3, -0.25) is 4.79 Å². The molecule has 0 spiro atoms. The second-order valence-corrected chi connectivity index (χ2v) is 7.36. The van der Waals surface area contributed by atoms with Crippen LogP contribution in [0.5, 0.6) is 0 Å². The SMILES string of the molecule is O=C(Cc1csc(-c2ccccc2)n1)N1CCCC(c2ccncn2)C1. The molecule has 1 saturated heterocycles. The van der Waals surface area contributed by atoms with E-state index in [0.717, 1.165) is 47.9 Å². The molecule has 5 nitrogen and oxygen atoms in total. The fourth-order valence-corrected chi connectivity index (χ4v) is 4.18. The third-order valence-corrected chi connectivity index (χ3v) is 5.64. The molecule has 3 heterocycles. The first-order valence-electron chi connectivity index (χ1n) is 8.83. The maximum absolute atomic E-state index is 12.7. The molecule has 3 aromatic rings. The highest BCUT2D eigenvalue weighted by molar-refractivity contribution is 7.13. The molecule has 1 amide bonds. The van der Waals surface area contributed by atoms with E-state index < -0.39 is 0 Å². The first-order chi connectivity index (χ1) is 12.8. The summed E-state index contributed by atoms with van der Waals surface area (Å²) in [5, 5.41) is 2.96. The Morgan fingerprint density at radius 1 is 1.23 bits per heavy atom. The molecule has 0 bridgehead atoms. The van der Waals surface area contributed by atoms with Gasteiger partial charge in [0.15, 0.2) is 0 Å². The molecule has 0 aliphatic carbocycles. The highest BCUT2D eigenvalue weighted by Gasteiger charge is 2.26. The number of thiazole rings is 1. The number of likely N-dealkylation sites (tertiary alicyclic amines) is 1. The van der Waals surface area contributed by atoms with E-state index in [1.54, 1.807) is 23.9 Å². The van der Waals surface area contributed by atoms with E-state index in [1.165, 1.54) is 0 Å². The van der Waals surface area contributed by atoms with Crippen LogP contribution in [0.4, 0.5) is 0 Å². The summed E-state index contributed by atoms with van der Waals surface area (Å²) in [4.78, 5) is 27.7. The summed E-state index contributed by atoms with van der Waals surface area (Å²) in [5.74, 6) is 0.444. The van der Waals surface area contributed by atoms with Crippen molar-refractivity contribution in [3.63, 3.8) is 0 Å². The summed E-state index contributed by atoms with van der Waals surface area (Å²) in [7, 11) is 0. The van der Waals surface area contributed by atoms with Crippen LogP contribution < -0.4 is 0 Å². The molecule has 4 rings (SSSR count). The van der Waals surface area contributed by atoms with Crippen LogP contribution in [0, 0.1) is 0 Å². The molecular formula is C20H20N4OS. The smallest absolute Gasteiger partial charge is 0.228 e. The Hall–Kier alpha value is -2.60. The third kappa shape index (κ3) is 3.80. The lowest BCUT2D eigenvalue weighted by Gasteiger charge is -2.32. The predicted molar refractivity (Wildman–Crippen MR) is 102 cm³/mol. The van der Waals surface area contributed by atoms with Gasteiger partial charge in [0, 0.05) is 41.8 Å². The van der Waals surface area contributed by atoms with Crippen molar-refractivity contribution >= 4 is 17.2 Å². The van der Waals surface area contributed by atoms with Gasteiger partial charge in [-0.25, -0.2) is 15.0 Å². The second kappa shape index (κ2) is 7.74. The molecule has 26 heavy (non-hydrogen) atoms. The molecule has 0 saturated carbocycles. The summed E-state index contributed by atoms with van der Waals surface area (Å²) < 4.78 is 0. The van der Waals surface area contributed by atoms with E-state index in [-0.39, 0.29) is 5.91 Å². The number of piperidine rings is 1. The Morgan fingerprint density at radius 2 is 2.12 bits per heavy atom. The van der Waals surface area contributed by atoms with E-state index in [1.807, 2.05) is 46.7 Å². The van der Waals surface area contributed by atoms with Gasteiger partial charge in [-0.2, -0.15) is 0 Å². The van der Waals surface area contributed by atoms with Crippen LogP contribution in [0.15, 0.2) is 54.3 Å². The molecule has 0 N–H and O–H groups in total. The largest absolute Gasteiger partial charge is 0.342 e. The molecule has 2 aromatic heterocycles. The van der Waals surface area contributed by atoms with Crippen LogP contribution in [0.25, 0.3) is 10.6 Å². The van der Waals surface area contributed by atoms with Gasteiger partial charge < -0.3 is 4.90 Å². The molecule has 0 radical (unpaired) electrons. The number of rotatable bonds is 4. The van der Waals surface area contributed by atoms with E-state index in [0.29, 0.717) is 12.3 Å². The Bertz CT molecular complexity index is 866. The second-order valence-electron chi connectivity index (χ2n) is 6.50. The van der Waals surface area contributed by atoms with Gasteiger partial charge in [0.05, 0.1) is 12.1 Å². The van der Waals surface area contributed by atoms with Gasteiger partial charge in [0.1, 0.15) is 11.3 Å². The highest BCUT2D eigenvalue weighted by Crippen LogP contribution is 2.27. The van der Waals surface area contributed by atoms with Gasteiger partial charge in [0.25, 0.3) is 0 Å². The Labute approximate surface area is 156 Å². The molecule has 1 atom stereocenters. The van der Waals surface area contributed by atoms with Gasteiger partial charge in [-0.05, 0) is 18.9 Å². The minimum absolute atomic E-state index is 0.147. The van der Waals surface area contributed by atoms with Crippen LogP contribution in [0.1, 0.15) is 30.1 Å². The number of amides is 1.